The summed E-state index contributed by atoms with van der Waals surface area (Å²) in [4.78, 5) is 13.7. The fourth-order valence-electron chi connectivity index (χ4n) is 6.00. The van der Waals surface area contributed by atoms with Gasteiger partial charge in [-0.05, 0) is 80.3 Å². The van der Waals surface area contributed by atoms with Gasteiger partial charge in [0.15, 0.2) is 0 Å². The van der Waals surface area contributed by atoms with E-state index in [1.807, 2.05) is 43.3 Å². The molecule has 3 atom stereocenters. The monoisotopic (exact) mass is 592 g/mol. The molecular weight excluding hydrogens is 548 g/mol. The lowest BCUT2D eigenvalue weighted by Gasteiger charge is -2.47. The number of rotatable bonds is 11. The molecule has 1 heterocycles. The first-order valence-corrected chi connectivity index (χ1v) is 16.7. The van der Waals surface area contributed by atoms with E-state index in [0.29, 0.717) is 43.1 Å². The Balaban J connectivity index is 1.32. The van der Waals surface area contributed by atoms with Crippen LogP contribution in [-0.2, 0) is 19.3 Å². The standard InChI is InChI=1S/C33H44N4O4S/c1-2-34-29-20-27(21-30(22-29)37-16-8-9-17-42(37,40)41)33(39)36-31(18-24-10-4-3-5-11-24)32(38)23-35-28-15-14-25-12-6-7-13-26(25)19-28/h3-7,10-13,20-22,28,31-32,34-35,38,40-41H,2,8-9,14-19,23H2,1H3,(H,36,39)/t28?,31-,32-/m0/s1. The number of hydrogen-bond acceptors (Lipinski definition) is 7. The molecule has 2 aliphatic rings. The quantitative estimate of drug-likeness (QED) is 0.181. The van der Waals surface area contributed by atoms with Crippen LogP contribution in [0.3, 0.4) is 0 Å². The summed E-state index contributed by atoms with van der Waals surface area (Å²) in [5.41, 5.74) is 5.53. The van der Waals surface area contributed by atoms with Crippen LogP contribution in [0, 0.1) is 0 Å². The van der Waals surface area contributed by atoms with Crippen LogP contribution in [0.1, 0.15) is 53.2 Å². The van der Waals surface area contributed by atoms with Gasteiger partial charge in [-0.2, -0.15) is 0 Å². The van der Waals surface area contributed by atoms with E-state index in [9.17, 15) is 19.0 Å². The first kappa shape index (κ1) is 30.4. The maximum Gasteiger partial charge on any atom is 0.251 e. The molecule has 0 aromatic heterocycles. The van der Waals surface area contributed by atoms with Gasteiger partial charge >= 0.3 is 0 Å². The summed E-state index contributed by atoms with van der Waals surface area (Å²) in [6.45, 7) is 3.52. The van der Waals surface area contributed by atoms with Crippen molar-refractivity contribution in [2.75, 3.05) is 35.0 Å². The maximum absolute atomic E-state index is 13.7. The number of anilines is 2. The van der Waals surface area contributed by atoms with Gasteiger partial charge in [0.05, 0.1) is 23.6 Å². The minimum Gasteiger partial charge on any atom is -0.390 e. The van der Waals surface area contributed by atoms with Gasteiger partial charge in [0, 0.05) is 36.9 Å². The molecule has 226 valence electrons. The topological polar surface area (TPSA) is 117 Å². The van der Waals surface area contributed by atoms with Gasteiger partial charge in [0.25, 0.3) is 5.91 Å². The summed E-state index contributed by atoms with van der Waals surface area (Å²) >= 11 is 0. The number of fused-ring (bicyclic) bond motifs is 1. The highest BCUT2D eigenvalue weighted by molar-refractivity contribution is 8.25. The first-order valence-electron chi connectivity index (χ1n) is 15.1. The van der Waals surface area contributed by atoms with Crippen molar-refractivity contribution in [3.05, 3.63) is 95.1 Å². The molecule has 3 aromatic rings. The van der Waals surface area contributed by atoms with Gasteiger partial charge in [-0.25, -0.2) is 0 Å². The van der Waals surface area contributed by atoms with Gasteiger partial charge < -0.3 is 21.1 Å². The highest BCUT2D eigenvalue weighted by Gasteiger charge is 2.29. The molecule has 5 rings (SSSR count). The SMILES string of the molecule is CCNc1cc(C(=O)N[C@@H](Cc2ccccc2)[C@@H](O)CNC2CCc3ccccc3C2)cc(N2CCCCS2(O)O)c1. The third kappa shape index (κ3) is 7.65. The number of hydrogen-bond donors (Lipinski definition) is 6. The largest absolute Gasteiger partial charge is 0.390 e. The Hall–Kier alpha value is -3.08. The third-order valence-corrected chi connectivity index (χ3v) is 10.2. The van der Waals surface area contributed by atoms with Crippen molar-refractivity contribution >= 4 is 28.1 Å². The molecule has 42 heavy (non-hydrogen) atoms. The van der Waals surface area contributed by atoms with Crippen LogP contribution in [0.2, 0.25) is 0 Å². The average molecular weight is 593 g/mol. The number of carbonyl (C=O) groups excluding carboxylic acids is 1. The average Bonchev–Trinajstić information content (AvgIpc) is 2.99. The maximum atomic E-state index is 13.7. The predicted molar refractivity (Wildman–Crippen MR) is 173 cm³/mol. The Labute approximate surface area is 251 Å². The van der Waals surface area contributed by atoms with Gasteiger partial charge in [-0.1, -0.05) is 54.6 Å². The Kier molecular flexibility index (Phi) is 10.1. The molecule has 0 bridgehead atoms. The Morgan fingerprint density at radius 1 is 1.02 bits per heavy atom. The van der Waals surface area contributed by atoms with E-state index in [4.69, 9.17) is 0 Å². The molecule has 6 N–H and O–H groups in total. The van der Waals surface area contributed by atoms with Crippen molar-refractivity contribution < 1.29 is 19.0 Å². The minimum absolute atomic E-state index is 0.270. The Morgan fingerprint density at radius 2 is 1.79 bits per heavy atom. The molecule has 1 aliphatic heterocycles. The van der Waals surface area contributed by atoms with E-state index in [1.165, 1.54) is 11.1 Å². The molecule has 1 amide bonds. The predicted octanol–water partition coefficient (Wildman–Crippen LogP) is 5.23. The number of nitrogens with one attached hydrogen (secondary N) is 3. The lowest BCUT2D eigenvalue weighted by molar-refractivity contribution is 0.0823. The fourth-order valence-corrected chi connectivity index (χ4v) is 7.68. The molecule has 8 nitrogen and oxygen atoms in total. The second-order valence-corrected chi connectivity index (χ2v) is 13.5. The van der Waals surface area contributed by atoms with Gasteiger partial charge in [0.1, 0.15) is 0 Å². The van der Waals surface area contributed by atoms with E-state index >= 15 is 0 Å². The smallest absolute Gasteiger partial charge is 0.251 e. The summed E-state index contributed by atoms with van der Waals surface area (Å²) in [6, 6.07) is 23.5. The zero-order valence-corrected chi connectivity index (χ0v) is 25.2. The lowest BCUT2D eigenvalue weighted by Crippen LogP contribution is -2.50. The van der Waals surface area contributed by atoms with Crippen LogP contribution in [-0.4, -0.2) is 63.7 Å². The van der Waals surface area contributed by atoms with Crippen LogP contribution >= 0.6 is 10.8 Å². The number of amides is 1. The molecule has 1 unspecified atom stereocenters. The van der Waals surface area contributed by atoms with E-state index in [-0.39, 0.29) is 11.9 Å². The molecule has 0 saturated carbocycles. The molecule has 1 aliphatic carbocycles. The van der Waals surface area contributed by atoms with Crippen molar-refractivity contribution in [3.63, 3.8) is 0 Å². The van der Waals surface area contributed by atoms with E-state index in [2.05, 4.69) is 40.2 Å². The van der Waals surface area contributed by atoms with E-state index in [0.717, 1.165) is 43.4 Å². The lowest BCUT2D eigenvalue weighted by atomic mass is 9.88. The van der Waals surface area contributed by atoms with Crippen molar-refractivity contribution in [1.82, 2.24) is 10.6 Å². The van der Waals surface area contributed by atoms with Crippen molar-refractivity contribution in [3.8, 4) is 0 Å². The number of benzene rings is 3. The number of aliphatic hydroxyl groups excluding tert-OH is 1. The van der Waals surface area contributed by atoms with Crippen LogP contribution in [0.25, 0.3) is 0 Å². The molecule has 0 spiro atoms. The van der Waals surface area contributed by atoms with E-state index < -0.39 is 22.9 Å². The fraction of sp³-hybridized carbons (Fsp3) is 0.424. The second-order valence-electron chi connectivity index (χ2n) is 11.4. The summed E-state index contributed by atoms with van der Waals surface area (Å²) in [6.07, 6.45) is 4.24. The van der Waals surface area contributed by atoms with Crippen LogP contribution in [0.5, 0.6) is 0 Å². The number of carbonyl (C=O) groups is 1. The molecule has 3 aromatic carbocycles. The van der Waals surface area contributed by atoms with Crippen molar-refractivity contribution in [1.29, 1.82) is 0 Å². The third-order valence-electron chi connectivity index (χ3n) is 8.27. The highest BCUT2D eigenvalue weighted by Crippen LogP contribution is 2.50. The van der Waals surface area contributed by atoms with Crippen molar-refractivity contribution in [2.24, 2.45) is 0 Å². The second kappa shape index (κ2) is 13.9. The summed E-state index contributed by atoms with van der Waals surface area (Å²) < 4.78 is 23.1. The summed E-state index contributed by atoms with van der Waals surface area (Å²) in [5, 5.41) is 21.3. The molecule has 0 radical (unpaired) electrons. The zero-order valence-electron chi connectivity index (χ0n) is 24.3. The molecule has 9 heteroatoms. The van der Waals surface area contributed by atoms with Crippen LogP contribution in [0.15, 0.2) is 72.8 Å². The highest BCUT2D eigenvalue weighted by atomic mass is 32.3. The number of aliphatic hydroxyl groups is 1. The number of nitrogens with zero attached hydrogens (tertiary/aromatic N) is 1. The minimum atomic E-state index is -2.94. The van der Waals surface area contributed by atoms with Crippen LogP contribution < -0.4 is 20.3 Å². The van der Waals surface area contributed by atoms with Crippen LogP contribution in [0.4, 0.5) is 11.4 Å². The number of aryl methyl sites for hydroxylation is 1. The molecule has 1 fully saturated rings. The molecular formula is C33H44N4O4S. The van der Waals surface area contributed by atoms with Crippen molar-refractivity contribution in [2.45, 2.75) is 63.6 Å². The van der Waals surface area contributed by atoms with Gasteiger partial charge in [-0.3, -0.25) is 18.2 Å². The summed E-state index contributed by atoms with van der Waals surface area (Å²) in [5.74, 6) is 0.0151. The van der Waals surface area contributed by atoms with Gasteiger partial charge in [0.2, 0.25) is 0 Å². The Morgan fingerprint density at radius 3 is 2.55 bits per heavy atom. The van der Waals surface area contributed by atoms with E-state index in [1.54, 1.807) is 16.4 Å². The Bertz CT molecular complexity index is 1340. The first-order chi connectivity index (χ1) is 20.3. The zero-order chi connectivity index (χ0) is 29.5. The van der Waals surface area contributed by atoms with Gasteiger partial charge in [-0.15, -0.1) is 10.8 Å². The normalized spacial score (nSPS) is 20.2. The summed E-state index contributed by atoms with van der Waals surface area (Å²) in [7, 11) is -2.94. The molecule has 1 saturated heterocycles.